The maximum Gasteiger partial charge on any atom is 0.219 e. The predicted octanol–water partition coefficient (Wildman–Crippen LogP) is 15.4. The van der Waals surface area contributed by atoms with E-state index in [1.165, 1.54) is 57.8 Å². The minimum atomic E-state index is -2.98. The van der Waals surface area contributed by atoms with Crippen LogP contribution in [-0.4, -0.2) is 50.5 Å². The molecule has 0 rings (SSSR count). The molecule has 0 radical (unpaired) electrons. The summed E-state index contributed by atoms with van der Waals surface area (Å²) in [6.45, 7) is 5.46. The van der Waals surface area contributed by atoms with Gasteiger partial charge in [-0.1, -0.05) is 183 Å². The molecular formula is C57H96O6. The normalized spacial score (nSPS) is 14.5. The molecule has 3 N–H and O–H groups in total. The Hall–Kier alpha value is -2.93. The number of unbranched alkanes of at least 4 members (excludes halogenated alkanes) is 21. The van der Waals surface area contributed by atoms with Crippen LogP contribution < -0.4 is 0 Å². The molecule has 0 bridgehead atoms. The van der Waals surface area contributed by atoms with Gasteiger partial charge < -0.3 is 15.3 Å². The van der Waals surface area contributed by atoms with Crippen LogP contribution in [0.2, 0.25) is 0 Å². The van der Waals surface area contributed by atoms with E-state index in [-0.39, 0.29) is 19.3 Å². The number of allylic oxidation sites excluding steroid dienone is 14. The molecule has 0 fully saturated rings. The van der Waals surface area contributed by atoms with Crippen LogP contribution in [0.5, 0.6) is 0 Å². The summed E-state index contributed by atoms with van der Waals surface area (Å²) in [7, 11) is 0. The van der Waals surface area contributed by atoms with Crippen molar-refractivity contribution in [2.75, 3.05) is 6.61 Å². The van der Waals surface area contributed by atoms with E-state index in [1.54, 1.807) is 0 Å². The van der Waals surface area contributed by atoms with Crippen molar-refractivity contribution in [1.82, 2.24) is 0 Å². The van der Waals surface area contributed by atoms with Gasteiger partial charge in [0.05, 0.1) is 6.61 Å². The SMILES string of the molecule is CCCCC/C=C\C/C=C\C/C=C\CCCCC(=O)C(O)(C(=O)CCCCCCC/C=C\C/C=C\CCCCC)C(O)(CO)C(=O)CCCCCCC/C=C\C/C=C\CCCCC. The Labute approximate surface area is 387 Å². The zero-order chi connectivity index (χ0) is 46.4. The molecule has 0 aliphatic carbocycles. The van der Waals surface area contributed by atoms with E-state index in [4.69, 9.17) is 0 Å². The number of aliphatic hydroxyl groups is 3. The second kappa shape index (κ2) is 44.3. The summed E-state index contributed by atoms with van der Waals surface area (Å²) in [4.78, 5) is 41.2. The van der Waals surface area contributed by atoms with Crippen molar-refractivity contribution in [3.8, 4) is 0 Å². The van der Waals surface area contributed by atoms with Crippen LogP contribution >= 0.6 is 0 Å². The van der Waals surface area contributed by atoms with Gasteiger partial charge in [0, 0.05) is 19.3 Å². The molecular weight excluding hydrogens is 781 g/mol. The Morgan fingerprint density at radius 2 is 0.571 bits per heavy atom. The molecule has 360 valence electrons. The van der Waals surface area contributed by atoms with Gasteiger partial charge in [0.15, 0.2) is 23.0 Å². The van der Waals surface area contributed by atoms with Crippen molar-refractivity contribution in [3.05, 3.63) is 85.1 Å². The molecule has 0 saturated carbocycles. The first-order valence-electron chi connectivity index (χ1n) is 26.0. The molecule has 63 heavy (non-hydrogen) atoms. The predicted molar refractivity (Wildman–Crippen MR) is 270 cm³/mol. The van der Waals surface area contributed by atoms with Crippen molar-refractivity contribution in [2.45, 2.75) is 250 Å². The molecule has 2 atom stereocenters. The fraction of sp³-hybridized carbons (Fsp3) is 0.702. The van der Waals surface area contributed by atoms with Crippen LogP contribution in [0.3, 0.4) is 0 Å². The lowest BCUT2D eigenvalue weighted by Gasteiger charge is -2.39. The summed E-state index contributed by atoms with van der Waals surface area (Å²) >= 11 is 0. The van der Waals surface area contributed by atoms with Gasteiger partial charge in [-0.25, -0.2) is 0 Å². The smallest absolute Gasteiger partial charge is 0.219 e. The average molecular weight is 877 g/mol. The van der Waals surface area contributed by atoms with E-state index in [0.717, 1.165) is 116 Å². The lowest BCUT2D eigenvalue weighted by molar-refractivity contribution is -0.194. The number of Topliss-reactive ketones (excluding diaryl/α,β-unsaturated/α-hetero) is 3. The van der Waals surface area contributed by atoms with E-state index in [9.17, 15) is 29.7 Å². The van der Waals surface area contributed by atoms with Crippen molar-refractivity contribution in [1.29, 1.82) is 0 Å². The fourth-order valence-corrected chi connectivity index (χ4v) is 7.62. The molecule has 0 heterocycles. The minimum Gasteiger partial charge on any atom is -0.393 e. The van der Waals surface area contributed by atoms with Crippen LogP contribution in [0.4, 0.5) is 0 Å². The first kappa shape index (κ1) is 60.1. The highest BCUT2D eigenvalue weighted by Gasteiger charge is 2.62. The zero-order valence-electron chi connectivity index (χ0n) is 40.9. The molecule has 0 amide bonds. The van der Waals surface area contributed by atoms with Crippen molar-refractivity contribution < 1.29 is 29.7 Å². The number of aliphatic hydroxyl groups excluding tert-OH is 1. The topological polar surface area (TPSA) is 112 Å². The summed E-state index contributed by atoms with van der Waals surface area (Å²) in [6, 6.07) is 0. The summed E-state index contributed by atoms with van der Waals surface area (Å²) < 4.78 is 0. The lowest BCUT2D eigenvalue weighted by Crippen LogP contribution is -2.69. The molecule has 0 aliphatic rings. The summed E-state index contributed by atoms with van der Waals surface area (Å²) in [5, 5.41) is 34.0. The summed E-state index contributed by atoms with van der Waals surface area (Å²) in [5.74, 6) is -2.59. The second-order valence-corrected chi connectivity index (χ2v) is 17.6. The first-order valence-corrected chi connectivity index (χ1v) is 26.0. The van der Waals surface area contributed by atoms with E-state index < -0.39 is 35.2 Å². The molecule has 0 aromatic carbocycles. The Balaban J connectivity index is 5.12. The first-order chi connectivity index (χ1) is 30.8. The molecule has 2 unspecified atom stereocenters. The minimum absolute atomic E-state index is 0.122. The summed E-state index contributed by atoms with van der Waals surface area (Å²) in [5.41, 5.74) is -5.85. The quantitative estimate of drug-likeness (QED) is 0.0319. The van der Waals surface area contributed by atoms with E-state index in [0.29, 0.717) is 25.7 Å². The molecule has 0 aromatic heterocycles. The van der Waals surface area contributed by atoms with Gasteiger partial charge in [-0.3, -0.25) is 14.4 Å². The van der Waals surface area contributed by atoms with Gasteiger partial charge in [0.25, 0.3) is 0 Å². The largest absolute Gasteiger partial charge is 0.393 e. The van der Waals surface area contributed by atoms with Crippen molar-refractivity contribution in [2.24, 2.45) is 0 Å². The third-order valence-corrected chi connectivity index (χ3v) is 11.8. The number of hydrogen-bond donors (Lipinski definition) is 3. The Bertz CT molecular complexity index is 1320. The Kier molecular flexibility index (Phi) is 42.2. The van der Waals surface area contributed by atoms with Crippen LogP contribution in [0.15, 0.2) is 85.1 Å². The number of carbonyl (C=O) groups is 3. The number of rotatable bonds is 46. The monoisotopic (exact) mass is 877 g/mol. The van der Waals surface area contributed by atoms with Gasteiger partial charge >= 0.3 is 0 Å². The van der Waals surface area contributed by atoms with E-state index in [2.05, 4.69) is 106 Å². The molecule has 0 saturated heterocycles. The Morgan fingerprint density at radius 3 is 0.889 bits per heavy atom. The van der Waals surface area contributed by atoms with Crippen LogP contribution in [0.1, 0.15) is 239 Å². The van der Waals surface area contributed by atoms with Crippen molar-refractivity contribution >= 4 is 17.3 Å². The Morgan fingerprint density at radius 1 is 0.333 bits per heavy atom. The highest BCUT2D eigenvalue weighted by atomic mass is 16.4. The zero-order valence-corrected chi connectivity index (χ0v) is 40.9. The molecule has 0 aliphatic heterocycles. The molecule has 0 spiro atoms. The van der Waals surface area contributed by atoms with Gasteiger partial charge in [0.2, 0.25) is 5.60 Å². The standard InChI is InChI=1S/C57H96O6/c1-4-7-10-13-16-19-22-25-28-31-34-37-40-43-46-49-53(59)56(62,52-58)57(63,54(60)50-47-44-41-38-35-32-29-26-23-20-17-14-11-8-5-2)55(61)51-48-45-42-39-36-33-30-27-24-21-18-15-12-9-6-3/h16-21,25-30,35,38,58,62-63H,4-15,22-24,31-34,36-37,39-52H2,1-3H3/b19-16-,20-17-,21-18-,28-25-,29-26-,30-27-,38-35-. The highest BCUT2D eigenvalue weighted by Crippen LogP contribution is 2.32. The van der Waals surface area contributed by atoms with E-state index >= 15 is 0 Å². The lowest BCUT2D eigenvalue weighted by atomic mass is 9.71. The van der Waals surface area contributed by atoms with E-state index in [1.807, 2.05) is 0 Å². The van der Waals surface area contributed by atoms with Crippen LogP contribution in [-0.2, 0) is 14.4 Å². The van der Waals surface area contributed by atoms with Crippen molar-refractivity contribution in [3.63, 3.8) is 0 Å². The highest BCUT2D eigenvalue weighted by molar-refractivity contribution is 6.16. The van der Waals surface area contributed by atoms with Gasteiger partial charge in [-0.05, 0) is 122 Å². The molecule has 6 heteroatoms. The third kappa shape index (κ3) is 31.6. The maximum absolute atomic E-state index is 13.8. The van der Waals surface area contributed by atoms with Gasteiger partial charge in [-0.2, -0.15) is 0 Å². The second-order valence-electron chi connectivity index (χ2n) is 17.6. The maximum atomic E-state index is 13.8. The van der Waals surface area contributed by atoms with Gasteiger partial charge in [0.1, 0.15) is 0 Å². The number of ketones is 3. The number of carbonyl (C=O) groups excluding carboxylic acids is 3. The number of hydrogen-bond acceptors (Lipinski definition) is 6. The average Bonchev–Trinajstić information content (AvgIpc) is 3.29. The third-order valence-electron chi connectivity index (χ3n) is 11.8. The fourth-order valence-electron chi connectivity index (χ4n) is 7.62. The van der Waals surface area contributed by atoms with Crippen LogP contribution in [0, 0.1) is 0 Å². The molecule has 6 nitrogen and oxygen atoms in total. The molecule has 0 aromatic rings. The van der Waals surface area contributed by atoms with Gasteiger partial charge in [-0.15, -0.1) is 0 Å². The summed E-state index contributed by atoms with van der Waals surface area (Å²) in [6.07, 6.45) is 60.8. The van der Waals surface area contributed by atoms with Crippen LogP contribution in [0.25, 0.3) is 0 Å².